The van der Waals surface area contributed by atoms with Gasteiger partial charge in [-0.1, -0.05) is 6.07 Å². The highest BCUT2D eigenvalue weighted by Crippen LogP contribution is 2.25. The molecule has 0 bridgehead atoms. The number of hydrogen-bond donors (Lipinski definition) is 1. The molecule has 96 valence electrons. The van der Waals surface area contributed by atoms with Gasteiger partial charge in [0.2, 0.25) is 0 Å². The minimum absolute atomic E-state index is 0.236. The van der Waals surface area contributed by atoms with Crippen molar-refractivity contribution in [1.82, 2.24) is 5.32 Å². The van der Waals surface area contributed by atoms with Crippen molar-refractivity contribution in [3.63, 3.8) is 0 Å². The van der Waals surface area contributed by atoms with Gasteiger partial charge in [-0.15, -0.1) is 0 Å². The van der Waals surface area contributed by atoms with Crippen LogP contribution in [0.5, 0.6) is 5.75 Å². The Kier molecular flexibility index (Phi) is 3.80. The summed E-state index contributed by atoms with van der Waals surface area (Å²) in [5.74, 6) is -0.140. The number of halogens is 1. The van der Waals surface area contributed by atoms with E-state index in [9.17, 15) is 4.39 Å². The molecular formula is C13H15FN2O2. The van der Waals surface area contributed by atoms with Gasteiger partial charge in [0, 0.05) is 13.1 Å². The van der Waals surface area contributed by atoms with Crippen LogP contribution in [0.4, 0.5) is 4.39 Å². The molecule has 5 heteroatoms. The number of rotatable bonds is 5. The molecule has 0 unspecified atom stereocenters. The van der Waals surface area contributed by atoms with Gasteiger partial charge < -0.3 is 14.8 Å². The van der Waals surface area contributed by atoms with Crippen molar-refractivity contribution < 1.29 is 13.9 Å². The Balaban J connectivity index is 1.87. The van der Waals surface area contributed by atoms with Gasteiger partial charge in [0.05, 0.1) is 26.4 Å². The summed E-state index contributed by atoms with van der Waals surface area (Å²) < 4.78 is 23.3. The highest BCUT2D eigenvalue weighted by Gasteiger charge is 2.38. The zero-order valence-corrected chi connectivity index (χ0v) is 10.2. The fraction of sp³-hybridized carbons (Fsp3) is 0.462. The molecular weight excluding hydrogens is 235 g/mol. The van der Waals surface area contributed by atoms with Crippen molar-refractivity contribution >= 4 is 0 Å². The maximum atomic E-state index is 13.4. The van der Waals surface area contributed by atoms with Crippen LogP contribution in [0.25, 0.3) is 0 Å². The topological polar surface area (TPSA) is 54.3 Å². The summed E-state index contributed by atoms with van der Waals surface area (Å²) in [5.41, 5.74) is 0.409. The van der Waals surface area contributed by atoms with Crippen LogP contribution in [-0.2, 0) is 11.3 Å². The van der Waals surface area contributed by atoms with E-state index in [4.69, 9.17) is 14.7 Å². The Labute approximate surface area is 105 Å². The van der Waals surface area contributed by atoms with E-state index >= 15 is 0 Å². The second-order valence-electron chi connectivity index (χ2n) is 4.46. The van der Waals surface area contributed by atoms with Gasteiger partial charge in [-0.05, 0) is 17.7 Å². The molecule has 2 rings (SSSR count). The average Bonchev–Trinajstić information content (AvgIpc) is 2.33. The van der Waals surface area contributed by atoms with Gasteiger partial charge in [-0.3, -0.25) is 0 Å². The minimum atomic E-state index is -0.412. The molecule has 0 aromatic heterocycles. The largest absolute Gasteiger partial charge is 0.494 e. The monoisotopic (exact) mass is 250 g/mol. The predicted molar refractivity (Wildman–Crippen MR) is 63.5 cm³/mol. The van der Waals surface area contributed by atoms with Crippen LogP contribution in [0.3, 0.4) is 0 Å². The first-order chi connectivity index (χ1) is 8.69. The predicted octanol–water partition coefficient (Wildman–Crippen LogP) is 1.46. The van der Waals surface area contributed by atoms with Gasteiger partial charge >= 0.3 is 0 Å². The second-order valence-corrected chi connectivity index (χ2v) is 4.46. The zero-order valence-electron chi connectivity index (χ0n) is 10.2. The first-order valence-electron chi connectivity index (χ1n) is 5.71. The number of nitriles is 1. The van der Waals surface area contributed by atoms with Crippen molar-refractivity contribution in [3.05, 3.63) is 29.6 Å². The van der Waals surface area contributed by atoms with E-state index < -0.39 is 5.41 Å². The Morgan fingerprint density at radius 1 is 1.56 bits per heavy atom. The van der Waals surface area contributed by atoms with Gasteiger partial charge in [-0.25, -0.2) is 4.39 Å². The molecule has 18 heavy (non-hydrogen) atoms. The smallest absolute Gasteiger partial charge is 0.165 e. The molecule has 4 nitrogen and oxygen atoms in total. The van der Waals surface area contributed by atoms with Crippen molar-refractivity contribution in [2.24, 2.45) is 5.41 Å². The van der Waals surface area contributed by atoms with E-state index in [0.717, 1.165) is 5.56 Å². The second kappa shape index (κ2) is 5.34. The lowest BCUT2D eigenvalue weighted by Crippen LogP contribution is -2.48. The van der Waals surface area contributed by atoms with Gasteiger partial charge in [0.15, 0.2) is 11.6 Å². The quantitative estimate of drug-likeness (QED) is 0.859. The molecule has 0 atom stereocenters. The highest BCUT2D eigenvalue weighted by molar-refractivity contribution is 5.29. The first kappa shape index (κ1) is 12.8. The summed E-state index contributed by atoms with van der Waals surface area (Å²) in [7, 11) is 1.43. The highest BCUT2D eigenvalue weighted by atomic mass is 19.1. The van der Waals surface area contributed by atoms with Gasteiger partial charge in [0.1, 0.15) is 5.41 Å². The van der Waals surface area contributed by atoms with E-state index in [1.165, 1.54) is 13.2 Å². The van der Waals surface area contributed by atoms with Crippen molar-refractivity contribution in [3.8, 4) is 11.8 Å². The van der Waals surface area contributed by atoms with E-state index in [1.807, 2.05) is 0 Å². The molecule has 1 heterocycles. The average molecular weight is 250 g/mol. The molecule has 0 aliphatic carbocycles. The maximum Gasteiger partial charge on any atom is 0.165 e. The molecule has 1 saturated heterocycles. The van der Waals surface area contributed by atoms with Crippen LogP contribution >= 0.6 is 0 Å². The molecule has 1 N–H and O–H groups in total. The van der Waals surface area contributed by atoms with Gasteiger partial charge in [0.25, 0.3) is 0 Å². The summed E-state index contributed by atoms with van der Waals surface area (Å²) in [6.07, 6.45) is 0. The summed E-state index contributed by atoms with van der Waals surface area (Å²) in [6, 6.07) is 7.07. The Morgan fingerprint density at radius 2 is 2.33 bits per heavy atom. The van der Waals surface area contributed by atoms with E-state index in [1.54, 1.807) is 12.1 Å². The van der Waals surface area contributed by atoms with Crippen LogP contribution in [0.2, 0.25) is 0 Å². The molecule has 1 fully saturated rings. The van der Waals surface area contributed by atoms with Crippen LogP contribution in [-0.4, -0.2) is 26.9 Å². The third kappa shape index (κ3) is 2.61. The number of benzene rings is 1. The van der Waals surface area contributed by atoms with E-state index in [0.29, 0.717) is 26.3 Å². The lowest BCUT2D eigenvalue weighted by molar-refractivity contribution is -0.0755. The Hall–Kier alpha value is -1.64. The summed E-state index contributed by atoms with van der Waals surface area (Å²) in [6.45, 7) is 2.00. The molecule has 1 aliphatic heterocycles. The zero-order chi connectivity index (χ0) is 13.0. The number of ether oxygens (including phenoxy) is 2. The molecule has 0 radical (unpaired) electrons. The number of methoxy groups -OCH3 is 1. The third-order valence-electron chi connectivity index (χ3n) is 3.00. The van der Waals surface area contributed by atoms with Crippen molar-refractivity contribution in [2.75, 3.05) is 26.9 Å². The van der Waals surface area contributed by atoms with E-state index in [-0.39, 0.29) is 11.6 Å². The normalized spacial score (nSPS) is 16.7. The van der Waals surface area contributed by atoms with Crippen LogP contribution < -0.4 is 10.1 Å². The molecule has 1 aliphatic rings. The van der Waals surface area contributed by atoms with Gasteiger partial charge in [-0.2, -0.15) is 5.26 Å². The van der Waals surface area contributed by atoms with Crippen molar-refractivity contribution in [2.45, 2.75) is 6.54 Å². The fourth-order valence-corrected chi connectivity index (χ4v) is 1.82. The molecule has 0 saturated carbocycles. The molecule has 0 amide bonds. The fourth-order valence-electron chi connectivity index (χ4n) is 1.82. The molecule has 1 aromatic carbocycles. The standard InChI is InChI=1S/C13H15FN2O2/c1-17-12-3-2-10(4-11(12)14)5-16-7-13(6-15)8-18-9-13/h2-4,16H,5,7-9H2,1H3. The number of nitrogens with zero attached hydrogens (tertiary/aromatic N) is 1. The number of hydrogen-bond acceptors (Lipinski definition) is 4. The summed E-state index contributed by atoms with van der Waals surface area (Å²) >= 11 is 0. The van der Waals surface area contributed by atoms with Crippen LogP contribution in [0, 0.1) is 22.6 Å². The molecule has 0 spiro atoms. The number of nitrogens with one attached hydrogen (secondary N) is 1. The van der Waals surface area contributed by atoms with E-state index in [2.05, 4.69) is 11.4 Å². The summed E-state index contributed by atoms with van der Waals surface area (Å²) in [4.78, 5) is 0. The van der Waals surface area contributed by atoms with Crippen molar-refractivity contribution in [1.29, 1.82) is 5.26 Å². The lowest BCUT2D eigenvalue weighted by atomic mass is 9.88. The summed E-state index contributed by atoms with van der Waals surface area (Å²) in [5, 5.41) is 12.1. The maximum absolute atomic E-state index is 13.4. The Morgan fingerprint density at radius 3 is 2.83 bits per heavy atom. The minimum Gasteiger partial charge on any atom is -0.494 e. The molecule has 1 aromatic rings. The SMILES string of the molecule is COc1ccc(CNCC2(C#N)COC2)cc1F. The van der Waals surface area contributed by atoms with Crippen LogP contribution in [0.1, 0.15) is 5.56 Å². The first-order valence-corrected chi connectivity index (χ1v) is 5.71. The van der Waals surface area contributed by atoms with Crippen LogP contribution in [0.15, 0.2) is 18.2 Å². The Bertz CT molecular complexity index is 467. The third-order valence-corrected chi connectivity index (χ3v) is 3.00. The lowest BCUT2D eigenvalue weighted by Gasteiger charge is -2.35.